The van der Waals surface area contributed by atoms with Crippen molar-refractivity contribution < 1.29 is 32.0 Å². The van der Waals surface area contributed by atoms with E-state index in [0.29, 0.717) is 22.6 Å². The van der Waals surface area contributed by atoms with Crippen molar-refractivity contribution in [3.05, 3.63) is 59.5 Å². The normalized spacial score (nSPS) is 20.7. The van der Waals surface area contributed by atoms with E-state index in [0.717, 1.165) is 11.1 Å². The lowest BCUT2D eigenvalue weighted by atomic mass is 9.78. The highest BCUT2D eigenvalue weighted by atomic mass is 19.4. The van der Waals surface area contributed by atoms with Crippen LogP contribution >= 0.6 is 0 Å². The monoisotopic (exact) mass is 435 g/mol. The van der Waals surface area contributed by atoms with E-state index in [2.05, 4.69) is 5.32 Å². The third kappa shape index (κ3) is 4.28. The number of alkyl halides is 3. The SMILES string of the molecule is O=C(CN1C(=O)NC2(CCc3ccccc3C2)C1=O)N(Cc1ccco1)CC(F)(F)F. The van der Waals surface area contributed by atoms with Gasteiger partial charge >= 0.3 is 12.2 Å². The Kier molecular flexibility index (Phi) is 5.24. The molecule has 1 saturated heterocycles. The molecule has 1 fully saturated rings. The molecule has 1 unspecified atom stereocenters. The molecule has 4 amide bonds. The van der Waals surface area contributed by atoms with E-state index < -0.39 is 49.2 Å². The van der Waals surface area contributed by atoms with Gasteiger partial charge in [-0.25, -0.2) is 4.79 Å². The van der Waals surface area contributed by atoms with Gasteiger partial charge in [-0.05, 0) is 36.1 Å². The number of carbonyl (C=O) groups is 3. The molecular formula is C21H20F3N3O4. The molecule has 1 spiro atoms. The van der Waals surface area contributed by atoms with Crippen LogP contribution in [0.1, 0.15) is 23.3 Å². The third-order valence-corrected chi connectivity index (χ3v) is 5.62. The fourth-order valence-electron chi connectivity index (χ4n) is 4.12. The number of nitrogens with one attached hydrogen (secondary N) is 1. The predicted octanol–water partition coefficient (Wildman–Crippen LogP) is 2.65. The number of hydrogen-bond donors (Lipinski definition) is 1. The number of imide groups is 1. The molecule has 1 aromatic heterocycles. The van der Waals surface area contributed by atoms with Gasteiger partial charge in [0.25, 0.3) is 5.91 Å². The second-order valence-corrected chi connectivity index (χ2v) is 7.79. The standard InChI is InChI=1S/C21H20F3N3O4/c22-21(23,24)13-26(11-16-6-3-9-31-16)17(28)12-27-18(29)20(25-19(27)30)8-7-14-4-1-2-5-15(14)10-20/h1-6,9H,7-8,10-13H2,(H,25,30). The molecule has 10 heteroatoms. The maximum Gasteiger partial charge on any atom is 0.406 e. The predicted molar refractivity (Wildman–Crippen MR) is 102 cm³/mol. The zero-order valence-electron chi connectivity index (χ0n) is 16.4. The molecular weight excluding hydrogens is 415 g/mol. The Morgan fingerprint density at radius 1 is 1.16 bits per heavy atom. The summed E-state index contributed by atoms with van der Waals surface area (Å²) in [6.45, 7) is -2.72. The van der Waals surface area contributed by atoms with Gasteiger partial charge in [0.2, 0.25) is 5.91 Å². The molecule has 7 nitrogen and oxygen atoms in total. The number of urea groups is 1. The first-order chi connectivity index (χ1) is 14.7. The summed E-state index contributed by atoms with van der Waals surface area (Å²) in [5.74, 6) is -1.43. The summed E-state index contributed by atoms with van der Waals surface area (Å²) in [7, 11) is 0. The van der Waals surface area contributed by atoms with Crippen molar-refractivity contribution in [3.63, 3.8) is 0 Å². The Morgan fingerprint density at radius 2 is 1.90 bits per heavy atom. The highest BCUT2D eigenvalue weighted by molar-refractivity contribution is 6.09. The van der Waals surface area contributed by atoms with E-state index in [1.165, 1.54) is 18.4 Å². The average molecular weight is 435 g/mol. The molecule has 0 saturated carbocycles. The Labute approximate surface area is 175 Å². The summed E-state index contributed by atoms with van der Waals surface area (Å²) in [5, 5.41) is 2.67. The molecule has 4 rings (SSSR count). The molecule has 1 aliphatic heterocycles. The van der Waals surface area contributed by atoms with Crippen LogP contribution < -0.4 is 5.32 Å². The van der Waals surface area contributed by atoms with E-state index in [1.54, 1.807) is 0 Å². The minimum absolute atomic E-state index is 0.162. The van der Waals surface area contributed by atoms with Crippen LogP contribution in [0, 0.1) is 0 Å². The van der Waals surface area contributed by atoms with Crippen molar-refractivity contribution >= 4 is 17.8 Å². The topological polar surface area (TPSA) is 82.9 Å². The van der Waals surface area contributed by atoms with E-state index in [1.807, 2.05) is 24.3 Å². The van der Waals surface area contributed by atoms with Gasteiger partial charge in [-0.1, -0.05) is 24.3 Å². The Morgan fingerprint density at radius 3 is 2.58 bits per heavy atom. The molecule has 164 valence electrons. The van der Waals surface area contributed by atoms with E-state index in [9.17, 15) is 27.6 Å². The largest absolute Gasteiger partial charge is 0.467 e. The first kappa shape index (κ1) is 21.0. The second-order valence-electron chi connectivity index (χ2n) is 7.79. The zero-order chi connectivity index (χ0) is 22.2. The molecule has 0 radical (unpaired) electrons. The van der Waals surface area contributed by atoms with Crippen molar-refractivity contribution in [1.29, 1.82) is 0 Å². The van der Waals surface area contributed by atoms with Crippen LogP contribution in [0.2, 0.25) is 0 Å². The number of amides is 4. The van der Waals surface area contributed by atoms with Crippen LogP contribution in [0.15, 0.2) is 47.1 Å². The number of furan rings is 1. The number of halogens is 3. The number of rotatable bonds is 5. The van der Waals surface area contributed by atoms with Crippen LogP contribution in [-0.4, -0.2) is 52.5 Å². The molecule has 0 bridgehead atoms. The molecule has 2 aliphatic rings. The summed E-state index contributed by atoms with van der Waals surface area (Å²) in [6.07, 6.45) is -2.15. The summed E-state index contributed by atoms with van der Waals surface area (Å²) in [4.78, 5) is 39.5. The van der Waals surface area contributed by atoms with Gasteiger partial charge in [-0.15, -0.1) is 0 Å². The lowest BCUT2D eigenvalue weighted by Gasteiger charge is -2.32. The number of aryl methyl sites for hydroxylation is 1. The number of fused-ring (bicyclic) bond motifs is 1. The average Bonchev–Trinajstić information content (AvgIpc) is 3.29. The maximum absolute atomic E-state index is 13.1. The summed E-state index contributed by atoms with van der Waals surface area (Å²) < 4.78 is 44.1. The lowest BCUT2D eigenvalue weighted by molar-refractivity contribution is -0.163. The van der Waals surface area contributed by atoms with Crippen molar-refractivity contribution in [2.45, 2.75) is 37.5 Å². The van der Waals surface area contributed by atoms with Gasteiger partial charge in [0.05, 0.1) is 12.8 Å². The van der Waals surface area contributed by atoms with Crippen molar-refractivity contribution in [3.8, 4) is 0 Å². The van der Waals surface area contributed by atoms with Crippen LogP contribution in [0.4, 0.5) is 18.0 Å². The fraction of sp³-hybridized carbons (Fsp3) is 0.381. The van der Waals surface area contributed by atoms with Crippen molar-refractivity contribution in [2.24, 2.45) is 0 Å². The molecule has 2 heterocycles. The van der Waals surface area contributed by atoms with Crippen molar-refractivity contribution in [2.75, 3.05) is 13.1 Å². The molecule has 1 atom stereocenters. The van der Waals surface area contributed by atoms with Gasteiger partial charge in [0.15, 0.2) is 0 Å². The van der Waals surface area contributed by atoms with E-state index in [-0.39, 0.29) is 12.2 Å². The first-order valence-electron chi connectivity index (χ1n) is 9.75. The van der Waals surface area contributed by atoms with Crippen LogP contribution in [0.5, 0.6) is 0 Å². The first-order valence-corrected chi connectivity index (χ1v) is 9.75. The Hall–Kier alpha value is -3.30. The molecule has 1 N–H and O–H groups in total. The quantitative estimate of drug-likeness (QED) is 0.732. The number of carbonyl (C=O) groups excluding carboxylic acids is 3. The van der Waals surface area contributed by atoms with Gasteiger partial charge in [-0.3, -0.25) is 14.5 Å². The molecule has 1 aliphatic carbocycles. The number of benzene rings is 1. The third-order valence-electron chi connectivity index (χ3n) is 5.62. The summed E-state index contributed by atoms with van der Waals surface area (Å²) >= 11 is 0. The van der Waals surface area contributed by atoms with Gasteiger partial charge in [0, 0.05) is 6.42 Å². The van der Waals surface area contributed by atoms with Crippen LogP contribution in [0.25, 0.3) is 0 Å². The van der Waals surface area contributed by atoms with Gasteiger partial charge < -0.3 is 14.6 Å². The second kappa shape index (κ2) is 7.75. The van der Waals surface area contributed by atoms with Gasteiger partial charge in [0.1, 0.15) is 24.4 Å². The van der Waals surface area contributed by atoms with E-state index >= 15 is 0 Å². The van der Waals surface area contributed by atoms with Crippen LogP contribution in [0.3, 0.4) is 0 Å². The molecule has 31 heavy (non-hydrogen) atoms. The lowest BCUT2D eigenvalue weighted by Crippen LogP contribution is -2.52. The smallest absolute Gasteiger partial charge is 0.406 e. The highest BCUT2D eigenvalue weighted by Gasteiger charge is 2.53. The zero-order valence-corrected chi connectivity index (χ0v) is 16.4. The van der Waals surface area contributed by atoms with E-state index in [4.69, 9.17) is 4.42 Å². The summed E-state index contributed by atoms with van der Waals surface area (Å²) in [6, 6.07) is 9.72. The Bertz CT molecular complexity index is 1010. The minimum Gasteiger partial charge on any atom is -0.467 e. The molecule has 2 aromatic rings. The Balaban J connectivity index is 1.50. The van der Waals surface area contributed by atoms with Crippen LogP contribution in [-0.2, 0) is 29.0 Å². The number of nitrogens with zero attached hydrogens (tertiary/aromatic N) is 2. The minimum atomic E-state index is -4.65. The highest BCUT2D eigenvalue weighted by Crippen LogP contribution is 2.33. The fourth-order valence-corrected chi connectivity index (χ4v) is 4.12. The van der Waals surface area contributed by atoms with Gasteiger partial charge in [-0.2, -0.15) is 13.2 Å². The molecule has 1 aromatic carbocycles. The number of hydrogen-bond acceptors (Lipinski definition) is 4. The maximum atomic E-state index is 13.1. The summed E-state index contributed by atoms with van der Waals surface area (Å²) in [5.41, 5.74) is 0.827. The van der Waals surface area contributed by atoms with Crippen molar-refractivity contribution in [1.82, 2.24) is 15.1 Å².